The van der Waals surface area contributed by atoms with Gasteiger partial charge in [-0.05, 0) is 48.9 Å². The first-order valence-electron chi connectivity index (χ1n) is 7.10. The van der Waals surface area contributed by atoms with Crippen molar-refractivity contribution in [3.63, 3.8) is 0 Å². The molecule has 1 aromatic heterocycles. The fourth-order valence-corrected chi connectivity index (χ4v) is 3.92. The van der Waals surface area contributed by atoms with Crippen LogP contribution in [0.5, 0.6) is 0 Å². The second-order valence-electron chi connectivity index (χ2n) is 5.38. The predicted molar refractivity (Wildman–Crippen MR) is 93.4 cm³/mol. The van der Waals surface area contributed by atoms with Gasteiger partial charge >= 0.3 is 0 Å². The zero-order valence-corrected chi connectivity index (χ0v) is 14.6. The molecule has 0 amide bonds. The first-order valence-corrected chi connectivity index (χ1v) is 8.96. The van der Waals surface area contributed by atoms with Gasteiger partial charge in [-0.3, -0.25) is 4.72 Å². The zero-order valence-electron chi connectivity index (χ0n) is 13.1. The molecule has 3 rings (SSSR count). The first kappa shape index (κ1) is 16.5. The molecule has 8 heteroatoms. The molecular weight excluding hydrogens is 348 g/mol. The Hall–Kier alpha value is -2.38. The predicted octanol–water partition coefficient (Wildman–Crippen LogP) is 3.24. The van der Waals surface area contributed by atoms with Crippen molar-refractivity contribution in [2.24, 2.45) is 7.05 Å². The van der Waals surface area contributed by atoms with E-state index in [9.17, 15) is 8.42 Å². The maximum Gasteiger partial charge on any atom is 0.263 e. The van der Waals surface area contributed by atoms with Crippen LogP contribution >= 0.6 is 11.6 Å². The van der Waals surface area contributed by atoms with Crippen LogP contribution in [0, 0.1) is 6.92 Å². The number of hydrogen-bond acceptors (Lipinski definition) is 4. The number of nitrogens with one attached hydrogen (secondary N) is 1. The molecule has 6 nitrogen and oxygen atoms in total. The topological polar surface area (TPSA) is 76.9 Å². The summed E-state index contributed by atoms with van der Waals surface area (Å²) in [7, 11) is -1.91. The molecule has 0 saturated carbocycles. The molecule has 0 aliphatic heterocycles. The minimum absolute atomic E-state index is 0.0483. The summed E-state index contributed by atoms with van der Waals surface area (Å²) < 4.78 is 29.3. The molecule has 0 radical (unpaired) electrons. The van der Waals surface area contributed by atoms with Gasteiger partial charge in [0.25, 0.3) is 10.0 Å². The van der Waals surface area contributed by atoms with Crippen molar-refractivity contribution in [3.8, 4) is 11.4 Å². The summed E-state index contributed by atoms with van der Waals surface area (Å²) in [6, 6.07) is 11.7. The second-order valence-corrected chi connectivity index (χ2v) is 7.44. The lowest BCUT2D eigenvalue weighted by Gasteiger charge is -2.10. The number of rotatable bonds is 4. The summed E-state index contributed by atoms with van der Waals surface area (Å²) in [6.07, 6.45) is 1.60. The Morgan fingerprint density at radius 1 is 1.12 bits per heavy atom. The van der Waals surface area contributed by atoms with Crippen LogP contribution < -0.4 is 4.72 Å². The standard InChI is InChI=1S/C16H15ClN4O2S/c1-11-3-8-15(14(17)9-11)24(22,23)20-13-6-4-12(5-7-13)16-19-18-10-21(16)2/h3-10,20H,1-2H3. The van der Waals surface area contributed by atoms with E-state index in [0.29, 0.717) is 11.5 Å². The third kappa shape index (κ3) is 3.27. The molecule has 1 N–H and O–H groups in total. The van der Waals surface area contributed by atoms with Gasteiger partial charge in [0.15, 0.2) is 5.82 Å². The number of hydrogen-bond donors (Lipinski definition) is 1. The third-order valence-electron chi connectivity index (χ3n) is 3.48. The number of benzene rings is 2. The highest BCUT2D eigenvalue weighted by molar-refractivity contribution is 7.92. The summed E-state index contributed by atoms with van der Waals surface area (Å²) in [4.78, 5) is 0.0483. The van der Waals surface area contributed by atoms with Gasteiger partial charge in [-0.2, -0.15) is 0 Å². The molecule has 2 aromatic carbocycles. The van der Waals surface area contributed by atoms with E-state index in [-0.39, 0.29) is 9.92 Å². The van der Waals surface area contributed by atoms with Crippen molar-refractivity contribution in [2.45, 2.75) is 11.8 Å². The third-order valence-corrected chi connectivity index (χ3v) is 5.35. The van der Waals surface area contributed by atoms with Crippen LogP contribution in [0.2, 0.25) is 5.02 Å². The average Bonchev–Trinajstić information content (AvgIpc) is 2.93. The molecule has 124 valence electrons. The van der Waals surface area contributed by atoms with Crippen molar-refractivity contribution in [3.05, 3.63) is 59.4 Å². The monoisotopic (exact) mass is 362 g/mol. The first-order chi connectivity index (χ1) is 11.4. The van der Waals surface area contributed by atoms with Crippen LogP contribution in [0.3, 0.4) is 0 Å². The number of nitrogens with zero attached hydrogens (tertiary/aromatic N) is 3. The highest BCUT2D eigenvalue weighted by Crippen LogP contribution is 2.26. The van der Waals surface area contributed by atoms with Gasteiger partial charge in [-0.15, -0.1) is 10.2 Å². The normalized spacial score (nSPS) is 11.5. The molecule has 0 aliphatic carbocycles. The van der Waals surface area contributed by atoms with Gasteiger partial charge in [0.05, 0.1) is 5.02 Å². The Labute approximate surface area is 145 Å². The average molecular weight is 363 g/mol. The van der Waals surface area contributed by atoms with E-state index in [0.717, 1.165) is 11.1 Å². The number of aromatic nitrogens is 3. The number of anilines is 1. The second kappa shape index (κ2) is 6.26. The molecule has 1 heterocycles. The molecule has 3 aromatic rings. The fraction of sp³-hybridized carbons (Fsp3) is 0.125. The molecule has 0 aliphatic rings. The Morgan fingerprint density at radius 2 is 1.83 bits per heavy atom. The van der Waals surface area contributed by atoms with Gasteiger partial charge in [0, 0.05) is 18.3 Å². The van der Waals surface area contributed by atoms with Crippen molar-refractivity contribution in [1.29, 1.82) is 0 Å². The van der Waals surface area contributed by atoms with E-state index in [4.69, 9.17) is 11.6 Å². The summed E-state index contributed by atoms with van der Waals surface area (Å²) in [6.45, 7) is 1.85. The highest BCUT2D eigenvalue weighted by atomic mass is 35.5. The van der Waals surface area contributed by atoms with Crippen molar-refractivity contribution < 1.29 is 8.42 Å². The van der Waals surface area contributed by atoms with Crippen LogP contribution in [0.15, 0.2) is 53.7 Å². The Kier molecular flexibility index (Phi) is 4.29. The maximum atomic E-state index is 12.5. The minimum atomic E-state index is -3.75. The quantitative estimate of drug-likeness (QED) is 0.772. The van der Waals surface area contributed by atoms with Crippen molar-refractivity contribution >= 4 is 27.3 Å². The molecule has 24 heavy (non-hydrogen) atoms. The summed E-state index contributed by atoms with van der Waals surface area (Å²) in [5.74, 6) is 0.700. The van der Waals surface area contributed by atoms with Crippen LogP contribution in [-0.2, 0) is 17.1 Å². The summed E-state index contributed by atoms with van der Waals surface area (Å²) in [5.41, 5.74) is 2.18. The Bertz CT molecular complexity index is 982. The summed E-state index contributed by atoms with van der Waals surface area (Å²) >= 11 is 6.05. The van der Waals surface area contributed by atoms with Crippen LogP contribution in [-0.4, -0.2) is 23.2 Å². The Balaban J connectivity index is 1.86. The molecule has 0 unspecified atom stereocenters. The largest absolute Gasteiger partial charge is 0.317 e. The smallest absolute Gasteiger partial charge is 0.263 e. The SMILES string of the molecule is Cc1ccc(S(=O)(=O)Nc2ccc(-c3nncn3C)cc2)c(Cl)c1. The molecule has 0 spiro atoms. The molecule has 0 bridgehead atoms. The van der Waals surface area contributed by atoms with Crippen molar-refractivity contribution in [1.82, 2.24) is 14.8 Å². The van der Waals surface area contributed by atoms with Gasteiger partial charge in [-0.25, -0.2) is 8.42 Å². The zero-order chi connectivity index (χ0) is 17.3. The van der Waals surface area contributed by atoms with Gasteiger partial charge in [0.1, 0.15) is 11.2 Å². The van der Waals surface area contributed by atoms with Crippen molar-refractivity contribution in [2.75, 3.05) is 4.72 Å². The van der Waals surface area contributed by atoms with Crippen LogP contribution in [0.1, 0.15) is 5.56 Å². The van der Waals surface area contributed by atoms with Gasteiger partial charge in [0.2, 0.25) is 0 Å². The number of sulfonamides is 1. The van der Waals surface area contributed by atoms with Gasteiger partial charge in [-0.1, -0.05) is 17.7 Å². The van der Waals surface area contributed by atoms with E-state index in [1.165, 1.54) is 6.07 Å². The van der Waals surface area contributed by atoms with Gasteiger partial charge < -0.3 is 4.57 Å². The number of halogens is 1. The Morgan fingerprint density at radius 3 is 2.42 bits per heavy atom. The molecule has 0 atom stereocenters. The molecule has 0 saturated heterocycles. The highest BCUT2D eigenvalue weighted by Gasteiger charge is 2.18. The lowest BCUT2D eigenvalue weighted by Crippen LogP contribution is -2.13. The van der Waals surface area contributed by atoms with E-state index < -0.39 is 10.0 Å². The molecule has 0 fully saturated rings. The van der Waals surface area contributed by atoms with E-state index >= 15 is 0 Å². The lowest BCUT2D eigenvalue weighted by molar-refractivity contribution is 0.601. The molecular formula is C16H15ClN4O2S. The summed E-state index contributed by atoms with van der Waals surface area (Å²) in [5, 5.41) is 8.03. The number of aryl methyl sites for hydroxylation is 2. The van der Waals surface area contributed by atoms with Crippen LogP contribution in [0.4, 0.5) is 5.69 Å². The van der Waals surface area contributed by atoms with E-state index in [1.807, 2.05) is 14.0 Å². The van der Waals surface area contributed by atoms with E-state index in [2.05, 4.69) is 14.9 Å². The fourth-order valence-electron chi connectivity index (χ4n) is 2.27. The maximum absolute atomic E-state index is 12.5. The lowest BCUT2D eigenvalue weighted by atomic mass is 10.2. The minimum Gasteiger partial charge on any atom is -0.317 e. The van der Waals surface area contributed by atoms with E-state index in [1.54, 1.807) is 47.3 Å². The van der Waals surface area contributed by atoms with Crippen LogP contribution in [0.25, 0.3) is 11.4 Å².